The lowest BCUT2D eigenvalue weighted by Crippen LogP contribution is -2.29. The van der Waals surface area contributed by atoms with Crippen LogP contribution in [0.3, 0.4) is 0 Å². The fraction of sp³-hybridized carbons (Fsp3) is 0.130. The monoisotopic (exact) mass is 356 g/mol. The van der Waals surface area contributed by atoms with E-state index in [9.17, 15) is 9.59 Å². The topological polar surface area (TPSA) is 49.4 Å². The zero-order chi connectivity index (χ0) is 18.6. The Morgan fingerprint density at radius 3 is 1.85 bits per heavy atom. The molecule has 0 bridgehead atoms. The molecule has 1 heterocycles. The summed E-state index contributed by atoms with van der Waals surface area (Å²) < 4.78 is 0. The minimum absolute atomic E-state index is 0.220. The Kier molecular flexibility index (Phi) is 4.81. The van der Waals surface area contributed by atoms with Crippen molar-refractivity contribution in [2.75, 3.05) is 0 Å². The maximum Gasteiger partial charge on any atom is 0.261 e. The molecule has 4 nitrogen and oxygen atoms in total. The van der Waals surface area contributed by atoms with Crippen LogP contribution in [0.2, 0.25) is 0 Å². The largest absolute Gasteiger partial charge is 0.309 e. The highest BCUT2D eigenvalue weighted by molar-refractivity contribution is 6.21. The highest BCUT2D eigenvalue weighted by Crippen LogP contribution is 2.25. The van der Waals surface area contributed by atoms with Gasteiger partial charge in [0.25, 0.3) is 11.8 Å². The summed E-state index contributed by atoms with van der Waals surface area (Å²) in [4.78, 5) is 26.6. The van der Waals surface area contributed by atoms with E-state index >= 15 is 0 Å². The number of amides is 2. The van der Waals surface area contributed by atoms with E-state index in [0.29, 0.717) is 17.7 Å². The summed E-state index contributed by atoms with van der Waals surface area (Å²) in [6, 6.07) is 25.1. The van der Waals surface area contributed by atoms with Crippen molar-refractivity contribution in [2.24, 2.45) is 0 Å². The molecule has 1 aliphatic heterocycles. The molecule has 2 amide bonds. The minimum atomic E-state index is -0.220. The molecule has 0 aromatic heterocycles. The molecule has 0 spiro atoms. The molecular formula is C23H20N2O2. The van der Waals surface area contributed by atoms with Crippen molar-refractivity contribution in [2.45, 2.75) is 19.6 Å². The molecule has 134 valence electrons. The summed E-state index contributed by atoms with van der Waals surface area (Å²) in [7, 11) is 0. The standard InChI is InChI=1S/C23H20N2O2/c26-22-20-12-6-7-13-21(20)23(27)25(22)16-19-11-5-4-10-18(19)15-24-14-17-8-2-1-3-9-17/h1-13,24H,14-16H2. The molecule has 0 saturated carbocycles. The number of carbonyl (C=O) groups excluding carboxylic acids is 2. The van der Waals surface area contributed by atoms with Crippen LogP contribution in [0.25, 0.3) is 0 Å². The van der Waals surface area contributed by atoms with Crippen molar-refractivity contribution in [3.05, 3.63) is 107 Å². The summed E-state index contributed by atoms with van der Waals surface area (Å²) in [5, 5.41) is 3.43. The SMILES string of the molecule is O=C1c2ccccc2C(=O)N1Cc1ccccc1CNCc1ccccc1. The number of nitrogens with one attached hydrogen (secondary N) is 1. The van der Waals surface area contributed by atoms with Gasteiger partial charge >= 0.3 is 0 Å². The van der Waals surface area contributed by atoms with E-state index in [1.165, 1.54) is 10.5 Å². The van der Waals surface area contributed by atoms with Gasteiger partial charge in [-0.15, -0.1) is 0 Å². The Morgan fingerprint density at radius 2 is 1.19 bits per heavy atom. The van der Waals surface area contributed by atoms with E-state index in [1.54, 1.807) is 24.3 Å². The molecule has 3 aromatic rings. The number of fused-ring (bicyclic) bond motifs is 1. The van der Waals surface area contributed by atoms with E-state index in [2.05, 4.69) is 17.4 Å². The lowest BCUT2D eigenvalue weighted by molar-refractivity contribution is 0.0642. The maximum atomic E-state index is 12.6. The highest BCUT2D eigenvalue weighted by atomic mass is 16.2. The van der Waals surface area contributed by atoms with E-state index < -0.39 is 0 Å². The predicted octanol–water partition coefficient (Wildman–Crippen LogP) is 3.77. The quantitative estimate of drug-likeness (QED) is 0.684. The number of carbonyl (C=O) groups is 2. The van der Waals surface area contributed by atoms with Gasteiger partial charge in [-0.1, -0.05) is 66.7 Å². The van der Waals surface area contributed by atoms with Crippen LogP contribution in [0, 0.1) is 0 Å². The molecule has 0 radical (unpaired) electrons. The number of nitrogens with zero attached hydrogens (tertiary/aromatic N) is 1. The summed E-state index contributed by atoms with van der Waals surface area (Å²) in [5.74, 6) is -0.440. The Balaban J connectivity index is 1.47. The van der Waals surface area contributed by atoms with Gasteiger partial charge in [-0.2, -0.15) is 0 Å². The number of benzene rings is 3. The first-order valence-electron chi connectivity index (χ1n) is 9.00. The smallest absolute Gasteiger partial charge is 0.261 e. The molecular weight excluding hydrogens is 336 g/mol. The van der Waals surface area contributed by atoms with Crippen LogP contribution in [0.1, 0.15) is 37.4 Å². The number of hydrogen-bond donors (Lipinski definition) is 1. The Bertz CT molecular complexity index is 947. The average Bonchev–Trinajstić information content (AvgIpc) is 2.95. The lowest BCUT2D eigenvalue weighted by Gasteiger charge is -2.17. The van der Waals surface area contributed by atoms with Crippen molar-refractivity contribution in [1.29, 1.82) is 0 Å². The molecule has 0 unspecified atom stereocenters. The fourth-order valence-corrected chi connectivity index (χ4v) is 3.37. The molecule has 0 fully saturated rings. The van der Waals surface area contributed by atoms with Crippen LogP contribution < -0.4 is 5.32 Å². The zero-order valence-electron chi connectivity index (χ0n) is 14.9. The molecule has 27 heavy (non-hydrogen) atoms. The average molecular weight is 356 g/mol. The van der Waals surface area contributed by atoms with Gasteiger partial charge in [0, 0.05) is 13.1 Å². The predicted molar refractivity (Wildman–Crippen MR) is 104 cm³/mol. The Morgan fingerprint density at radius 1 is 0.630 bits per heavy atom. The molecule has 0 atom stereocenters. The number of hydrogen-bond acceptors (Lipinski definition) is 3. The van der Waals surface area contributed by atoms with Gasteiger partial charge in [0.15, 0.2) is 0 Å². The summed E-state index contributed by atoms with van der Waals surface area (Å²) >= 11 is 0. The van der Waals surface area contributed by atoms with E-state index in [-0.39, 0.29) is 18.4 Å². The van der Waals surface area contributed by atoms with E-state index in [0.717, 1.165) is 17.7 Å². The Labute approximate surface area is 158 Å². The second kappa shape index (κ2) is 7.56. The van der Waals surface area contributed by atoms with Gasteiger partial charge < -0.3 is 5.32 Å². The fourth-order valence-electron chi connectivity index (χ4n) is 3.37. The van der Waals surface area contributed by atoms with E-state index in [1.807, 2.05) is 42.5 Å². The van der Waals surface area contributed by atoms with Crippen molar-refractivity contribution >= 4 is 11.8 Å². The van der Waals surface area contributed by atoms with Crippen molar-refractivity contribution < 1.29 is 9.59 Å². The van der Waals surface area contributed by atoms with Gasteiger partial charge in [0.2, 0.25) is 0 Å². The summed E-state index contributed by atoms with van der Waals surface area (Å²) in [6.45, 7) is 1.73. The van der Waals surface area contributed by atoms with Crippen LogP contribution in [-0.2, 0) is 19.6 Å². The molecule has 0 aliphatic carbocycles. The molecule has 4 heteroatoms. The molecule has 1 N–H and O–H groups in total. The summed E-state index contributed by atoms with van der Waals surface area (Å²) in [5.41, 5.74) is 4.26. The molecule has 3 aromatic carbocycles. The minimum Gasteiger partial charge on any atom is -0.309 e. The van der Waals surface area contributed by atoms with Crippen LogP contribution in [-0.4, -0.2) is 16.7 Å². The van der Waals surface area contributed by atoms with Crippen molar-refractivity contribution in [3.8, 4) is 0 Å². The summed E-state index contributed by atoms with van der Waals surface area (Å²) in [6.07, 6.45) is 0. The number of rotatable bonds is 6. The number of imide groups is 1. The molecule has 4 rings (SSSR count). The van der Waals surface area contributed by atoms with Gasteiger partial charge in [-0.05, 0) is 28.8 Å². The highest BCUT2D eigenvalue weighted by Gasteiger charge is 2.35. The lowest BCUT2D eigenvalue weighted by atomic mass is 10.1. The second-order valence-corrected chi connectivity index (χ2v) is 6.60. The van der Waals surface area contributed by atoms with Gasteiger partial charge in [-0.3, -0.25) is 14.5 Å². The third-order valence-electron chi connectivity index (χ3n) is 4.81. The first kappa shape index (κ1) is 17.2. The molecule has 0 saturated heterocycles. The van der Waals surface area contributed by atoms with Crippen LogP contribution in [0.15, 0.2) is 78.9 Å². The van der Waals surface area contributed by atoms with Gasteiger partial charge in [0.05, 0.1) is 17.7 Å². The zero-order valence-corrected chi connectivity index (χ0v) is 14.9. The first-order valence-corrected chi connectivity index (χ1v) is 9.00. The van der Waals surface area contributed by atoms with Crippen molar-refractivity contribution in [1.82, 2.24) is 10.2 Å². The van der Waals surface area contributed by atoms with Gasteiger partial charge in [-0.25, -0.2) is 0 Å². The van der Waals surface area contributed by atoms with Crippen LogP contribution in [0.5, 0.6) is 0 Å². The van der Waals surface area contributed by atoms with Gasteiger partial charge in [0.1, 0.15) is 0 Å². The first-order chi connectivity index (χ1) is 13.2. The third kappa shape index (κ3) is 3.52. The second-order valence-electron chi connectivity index (χ2n) is 6.60. The van der Waals surface area contributed by atoms with E-state index in [4.69, 9.17) is 0 Å². The van der Waals surface area contributed by atoms with Crippen LogP contribution >= 0.6 is 0 Å². The maximum absolute atomic E-state index is 12.6. The van der Waals surface area contributed by atoms with Crippen LogP contribution in [0.4, 0.5) is 0 Å². The third-order valence-corrected chi connectivity index (χ3v) is 4.81. The Hall–Kier alpha value is -3.24. The normalized spacial score (nSPS) is 13.1. The molecule has 1 aliphatic rings. The van der Waals surface area contributed by atoms with Crippen molar-refractivity contribution in [3.63, 3.8) is 0 Å².